The average molecular weight is 729 g/mol. The summed E-state index contributed by atoms with van der Waals surface area (Å²) < 4.78 is 11.7. The molecule has 2 N–H and O–H groups in total. The Bertz CT molecular complexity index is 2360. The van der Waals surface area contributed by atoms with Gasteiger partial charge in [-0.1, -0.05) is 24.3 Å². The van der Waals surface area contributed by atoms with Crippen molar-refractivity contribution in [3.63, 3.8) is 0 Å². The first-order valence-electron chi connectivity index (χ1n) is 16.1. The minimum Gasteiger partial charge on any atom is -0.488 e. The molecule has 6 rings (SSSR count). The molecule has 6 amide bonds. The maximum absolute atomic E-state index is 12.9. The van der Waals surface area contributed by atoms with Crippen molar-refractivity contribution < 1.29 is 38.2 Å². The largest absolute Gasteiger partial charge is 0.488 e. The van der Waals surface area contributed by atoms with Crippen molar-refractivity contribution in [3.8, 4) is 11.5 Å². The van der Waals surface area contributed by atoms with Gasteiger partial charge < -0.3 is 20.1 Å². The number of amides is 6. The Labute approximate surface area is 304 Å². The van der Waals surface area contributed by atoms with E-state index in [-0.39, 0.29) is 24.6 Å². The molecule has 0 saturated carbocycles. The number of para-hydroxylation sites is 2. The summed E-state index contributed by atoms with van der Waals surface area (Å²) >= 11 is 0. The van der Waals surface area contributed by atoms with Gasteiger partial charge in [-0.2, -0.15) is 40.4 Å². The van der Waals surface area contributed by atoms with Crippen LogP contribution < -0.4 is 41.5 Å². The third-order valence-corrected chi connectivity index (χ3v) is 7.51. The van der Waals surface area contributed by atoms with E-state index in [0.29, 0.717) is 44.3 Å². The third-order valence-electron chi connectivity index (χ3n) is 7.51. The number of anilines is 2. The van der Waals surface area contributed by atoms with Crippen LogP contribution in [0, 0.1) is 0 Å². The number of benzene rings is 4. The van der Waals surface area contributed by atoms with E-state index >= 15 is 0 Å². The molecule has 4 aromatic carbocycles. The van der Waals surface area contributed by atoms with Gasteiger partial charge in [-0.05, 0) is 74.5 Å². The normalized spacial score (nSPS) is 13.8. The number of azo groups is 2. The van der Waals surface area contributed by atoms with E-state index < -0.39 is 47.5 Å². The number of urea groups is 2. The van der Waals surface area contributed by atoms with Crippen LogP contribution in [0.25, 0.3) is 0 Å². The van der Waals surface area contributed by atoms with Crippen molar-refractivity contribution in [2.75, 3.05) is 23.8 Å². The highest BCUT2D eigenvalue weighted by Gasteiger charge is 2.25. The number of hydrogen-bond donors (Lipinski definition) is 2. The van der Waals surface area contributed by atoms with Crippen LogP contribution in [0.2, 0.25) is 0 Å². The first kappa shape index (κ1) is 36.3. The maximum atomic E-state index is 12.9. The average Bonchev–Trinajstić information content (AvgIpc) is 3.70. The smallest absolute Gasteiger partial charge is 0.368 e. The molecule has 4 aromatic rings. The summed E-state index contributed by atoms with van der Waals surface area (Å²) in [4.78, 5) is 88.4. The highest BCUT2D eigenvalue weighted by atomic mass is 16.5. The zero-order chi connectivity index (χ0) is 38.2. The van der Waals surface area contributed by atoms with Gasteiger partial charge >= 0.3 is 12.1 Å². The van der Waals surface area contributed by atoms with E-state index in [1.165, 1.54) is 50.2 Å². The lowest BCUT2D eigenvalue weighted by Crippen LogP contribution is -2.32. The van der Waals surface area contributed by atoms with Crippen LogP contribution in [-0.4, -0.2) is 60.7 Å². The number of fused-ring (bicyclic) bond motifs is 2. The summed E-state index contributed by atoms with van der Waals surface area (Å²) in [5.74, 6) is -2.01. The molecule has 2 heterocycles. The van der Waals surface area contributed by atoms with E-state index in [0.717, 1.165) is 0 Å². The Morgan fingerprint density at radius 3 is 1.37 bits per heavy atom. The van der Waals surface area contributed by atoms with Gasteiger partial charge in [0.1, 0.15) is 36.1 Å². The molecular weight excluding hydrogens is 700 g/mol. The van der Waals surface area contributed by atoms with Crippen LogP contribution in [0.5, 0.6) is 11.5 Å². The molecule has 18 nitrogen and oxygen atoms in total. The molecule has 0 bridgehead atoms. The van der Waals surface area contributed by atoms with Crippen LogP contribution in [-0.2, 0) is 19.2 Å². The van der Waals surface area contributed by atoms with E-state index in [1.807, 2.05) is 0 Å². The molecule has 18 heteroatoms. The molecule has 0 radical (unpaired) electrons. The molecule has 0 aliphatic carbocycles. The van der Waals surface area contributed by atoms with Gasteiger partial charge in [0, 0.05) is 11.4 Å². The predicted octanol–water partition coefficient (Wildman–Crippen LogP) is 3.25. The second-order valence-electron chi connectivity index (χ2n) is 11.5. The molecule has 2 unspecified atom stereocenters. The van der Waals surface area contributed by atoms with E-state index in [1.54, 1.807) is 48.5 Å². The lowest BCUT2D eigenvalue weighted by atomic mass is 10.2. The van der Waals surface area contributed by atoms with Crippen LogP contribution >= 0.6 is 0 Å². The van der Waals surface area contributed by atoms with E-state index in [9.17, 15) is 28.8 Å². The number of nitrogens with one attached hydrogen (secondary N) is 2. The minimum absolute atomic E-state index is 0.0250. The summed E-state index contributed by atoms with van der Waals surface area (Å²) in [5, 5.41) is 22.7. The van der Waals surface area contributed by atoms with Gasteiger partial charge in [0.2, 0.25) is 12.1 Å². The lowest BCUT2D eigenvalue weighted by molar-refractivity contribution is -0.127. The van der Waals surface area contributed by atoms with Gasteiger partial charge in [-0.3, -0.25) is 19.2 Å². The Morgan fingerprint density at radius 2 is 0.963 bits per heavy atom. The van der Waals surface area contributed by atoms with Crippen molar-refractivity contribution in [2.45, 2.75) is 25.9 Å². The van der Waals surface area contributed by atoms with Gasteiger partial charge in [0.15, 0.2) is 11.6 Å². The van der Waals surface area contributed by atoms with Crippen molar-refractivity contribution >= 4 is 58.2 Å². The molecular formula is C36H28N10O8. The molecule has 2 aliphatic rings. The summed E-state index contributed by atoms with van der Waals surface area (Å²) in [6.07, 6.45) is 0. The number of Topliss-reactive ketones (excluding diaryl/α,β-unsaturated/α-hetero) is 2. The second kappa shape index (κ2) is 16.2. The second-order valence-corrected chi connectivity index (χ2v) is 11.5. The van der Waals surface area contributed by atoms with Crippen LogP contribution in [0.4, 0.5) is 32.3 Å². The number of ketones is 2. The zero-order valence-corrected chi connectivity index (χ0v) is 28.5. The fraction of sp³-hybridized carbons (Fsp3) is 0.167. The Morgan fingerprint density at radius 1 is 0.574 bits per heavy atom. The zero-order valence-electron chi connectivity index (χ0n) is 28.5. The van der Waals surface area contributed by atoms with Gasteiger partial charge in [0.05, 0.1) is 21.4 Å². The molecule has 2 aliphatic heterocycles. The fourth-order valence-electron chi connectivity index (χ4n) is 4.96. The SMILES string of the molecule is CC(=O)C(N=Nc1ccccc1OCCOc1ccccc1N=NC(C(C)=O)C(=O)Nc1ccc2c(c1)=NC(=O)N=2)C(=O)Nc1ccc2c(c1)=NC(=O)N=2. The quantitative estimate of drug-likeness (QED) is 0.104. The summed E-state index contributed by atoms with van der Waals surface area (Å²) in [6.45, 7) is 2.46. The summed E-state index contributed by atoms with van der Waals surface area (Å²) in [6, 6.07) is 18.0. The maximum Gasteiger partial charge on any atom is 0.368 e. The number of nitrogens with zero attached hydrogens (tertiary/aromatic N) is 8. The number of carbonyl (C=O) groups is 6. The monoisotopic (exact) mass is 728 g/mol. The summed E-state index contributed by atoms with van der Waals surface area (Å²) in [5.41, 5.74) is 1.08. The Hall–Kier alpha value is -7.50. The highest BCUT2D eigenvalue weighted by Crippen LogP contribution is 2.29. The first-order chi connectivity index (χ1) is 26.0. The minimum atomic E-state index is -1.48. The third kappa shape index (κ3) is 8.86. The van der Waals surface area contributed by atoms with Crippen molar-refractivity contribution in [1.82, 2.24) is 0 Å². The Balaban J connectivity index is 1.06. The molecule has 0 saturated heterocycles. The standard InChI is InChI=1S/C36H28N10O8/c1-19(47)31(33(49)37-21-11-13-23-27(17-21)41-35(51)39-23)45-43-25-7-3-5-9-29(25)53-15-16-54-30-10-6-4-8-26(30)44-46-32(20(2)48)34(50)38-22-12-14-24-28(18-22)42-36(52)40-24/h3-14,17-18,31-32H,15-16H2,1-2H3,(H,37,49)(H,38,50). The van der Waals surface area contributed by atoms with Crippen LogP contribution in [0.3, 0.4) is 0 Å². The first-order valence-corrected chi connectivity index (χ1v) is 16.1. The van der Waals surface area contributed by atoms with Crippen molar-refractivity contribution in [2.24, 2.45) is 40.4 Å². The lowest BCUT2D eigenvalue weighted by Gasteiger charge is -2.12. The Kier molecular flexibility index (Phi) is 10.9. The van der Waals surface area contributed by atoms with Crippen molar-refractivity contribution in [1.29, 1.82) is 0 Å². The fourth-order valence-corrected chi connectivity index (χ4v) is 4.96. The molecule has 54 heavy (non-hydrogen) atoms. The predicted molar refractivity (Wildman–Crippen MR) is 187 cm³/mol. The number of ether oxygens (including phenoxy) is 2. The van der Waals surface area contributed by atoms with E-state index in [4.69, 9.17) is 9.47 Å². The molecule has 270 valence electrons. The van der Waals surface area contributed by atoms with Crippen molar-refractivity contribution in [3.05, 3.63) is 106 Å². The van der Waals surface area contributed by atoms with E-state index in [2.05, 4.69) is 51.1 Å². The molecule has 0 fully saturated rings. The van der Waals surface area contributed by atoms with Gasteiger partial charge in [-0.25, -0.2) is 9.59 Å². The summed E-state index contributed by atoms with van der Waals surface area (Å²) in [7, 11) is 0. The molecule has 0 aromatic heterocycles. The highest BCUT2D eigenvalue weighted by molar-refractivity contribution is 6.10. The number of hydrogen-bond acceptors (Lipinski definition) is 12. The number of carbonyl (C=O) groups excluding carboxylic acids is 6. The molecule has 2 atom stereocenters. The number of rotatable bonds is 15. The van der Waals surface area contributed by atoms with Gasteiger partial charge in [0.25, 0.3) is 11.8 Å². The van der Waals surface area contributed by atoms with Gasteiger partial charge in [-0.15, -0.1) is 0 Å². The van der Waals surface area contributed by atoms with Crippen LogP contribution in [0.1, 0.15) is 13.8 Å². The topological polar surface area (TPSA) is 244 Å². The van der Waals surface area contributed by atoms with Crippen LogP contribution in [0.15, 0.2) is 125 Å². The molecule has 0 spiro atoms.